The topological polar surface area (TPSA) is 74.3 Å². The Hall–Kier alpha value is -4.76. The van der Waals surface area contributed by atoms with Gasteiger partial charge < -0.3 is 4.74 Å². The molecule has 0 bridgehead atoms. The lowest BCUT2D eigenvalue weighted by atomic mass is 10.0. The highest BCUT2D eigenvalue weighted by Gasteiger charge is 2.17. The standard InChI is InChI=1S/C34H23Cl2N5O2S/c1-21-16-23(12-15-29(21)43-20-22-8-4-2-5-9-22)31-24(19-40(38-31)26-10-6-3-7-11-26)17-30-33(42)41-34(44-30)37-32(39-41)27-14-13-25(35)18-28(27)36/h2-19H,20H2,1H3. The third kappa shape index (κ3) is 5.51. The molecule has 0 amide bonds. The number of thiazole rings is 1. The van der Waals surface area contributed by atoms with E-state index in [4.69, 9.17) is 33.0 Å². The average Bonchev–Trinajstić information content (AvgIpc) is 3.72. The van der Waals surface area contributed by atoms with Gasteiger partial charge in [-0.05, 0) is 72.7 Å². The molecule has 0 aliphatic heterocycles. The Morgan fingerprint density at radius 1 is 0.909 bits per heavy atom. The first-order valence-corrected chi connectivity index (χ1v) is 15.3. The van der Waals surface area contributed by atoms with Crippen molar-refractivity contribution in [1.82, 2.24) is 24.4 Å². The quantitative estimate of drug-likeness (QED) is 0.182. The van der Waals surface area contributed by atoms with Gasteiger partial charge >= 0.3 is 0 Å². The molecule has 0 saturated carbocycles. The van der Waals surface area contributed by atoms with E-state index in [1.165, 1.54) is 15.9 Å². The summed E-state index contributed by atoms with van der Waals surface area (Å²) in [5.41, 5.74) is 5.75. The molecule has 3 heterocycles. The normalized spacial score (nSPS) is 11.8. The Morgan fingerprint density at radius 3 is 2.41 bits per heavy atom. The minimum absolute atomic E-state index is 0.270. The Balaban J connectivity index is 1.28. The lowest BCUT2D eigenvalue weighted by molar-refractivity contribution is 0.304. The van der Waals surface area contributed by atoms with Crippen LogP contribution in [-0.4, -0.2) is 24.4 Å². The van der Waals surface area contributed by atoms with E-state index in [0.29, 0.717) is 37.5 Å². The molecule has 0 aliphatic carbocycles. The Kier molecular flexibility index (Phi) is 7.47. The highest BCUT2D eigenvalue weighted by atomic mass is 35.5. The first kappa shape index (κ1) is 28.0. The van der Waals surface area contributed by atoms with Crippen LogP contribution in [0.3, 0.4) is 0 Å². The molecule has 3 aromatic heterocycles. The molecule has 0 unspecified atom stereocenters. The van der Waals surface area contributed by atoms with Gasteiger partial charge in [-0.15, -0.1) is 5.10 Å². The maximum atomic E-state index is 13.5. The SMILES string of the molecule is Cc1cc(-c2nn(-c3ccccc3)cc2C=c2sc3nc(-c4ccc(Cl)cc4Cl)nn3c2=O)ccc1OCc1ccccc1. The number of benzene rings is 4. The lowest BCUT2D eigenvalue weighted by Crippen LogP contribution is -2.23. The molecule has 7 aromatic rings. The number of para-hydroxylation sites is 1. The number of fused-ring (bicyclic) bond motifs is 1. The van der Waals surface area contributed by atoms with E-state index in [-0.39, 0.29) is 5.56 Å². The number of rotatable bonds is 7. The van der Waals surface area contributed by atoms with E-state index in [1.807, 2.05) is 96.7 Å². The van der Waals surface area contributed by atoms with Crippen molar-refractivity contribution in [2.45, 2.75) is 13.5 Å². The molecule has 0 radical (unpaired) electrons. The van der Waals surface area contributed by atoms with Crippen molar-refractivity contribution in [3.8, 4) is 34.1 Å². The van der Waals surface area contributed by atoms with Crippen molar-refractivity contribution in [2.24, 2.45) is 0 Å². The van der Waals surface area contributed by atoms with Gasteiger partial charge in [0.25, 0.3) is 5.56 Å². The highest BCUT2D eigenvalue weighted by molar-refractivity contribution is 7.15. The molecular formula is C34H23Cl2N5O2S. The number of aromatic nitrogens is 5. The Labute approximate surface area is 266 Å². The smallest absolute Gasteiger partial charge is 0.291 e. The number of halogens is 2. The van der Waals surface area contributed by atoms with Gasteiger partial charge in [-0.3, -0.25) is 4.79 Å². The van der Waals surface area contributed by atoms with Gasteiger partial charge in [0.15, 0.2) is 5.82 Å². The van der Waals surface area contributed by atoms with Crippen molar-refractivity contribution >= 4 is 45.6 Å². The second-order valence-electron chi connectivity index (χ2n) is 10.1. The number of hydrogen-bond acceptors (Lipinski definition) is 6. The summed E-state index contributed by atoms with van der Waals surface area (Å²) in [5, 5.41) is 10.3. The zero-order chi connectivity index (χ0) is 30.2. The molecule has 0 spiro atoms. The second kappa shape index (κ2) is 11.7. The maximum absolute atomic E-state index is 13.5. The van der Waals surface area contributed by atoms with E-state index in [1.54, 1.807) is 18.2 Å². The summed E-state index contributed by atoms with van der Waals surface area (Å²) in [6.07, 6.45) is 3.77. The van der Waals surface area contributed by atoms with Crippen LogP contribution in [0, 0.1) is 6.92 Å². The van der Waals surface area contributed by atoms with Gasteiger partial charge in [-0.1, -0.05) is 83.1 Å². The van der Waals surface area contributed by atoms with E-state index >= 15 is 0 Å². The van der Waals surface area contributed by atoms with Gasteiger partial charge in [0.05, 0.1) is 15.2 Å². The zero-order valence-electron chi connectivity index (χ0n) is 23.3. The van der Waals surface area contributed by atoms with Crippen LogP contribution >= 0.6 is 34.5 Å². The predicted octanol–water partition coefficient (Wildman–Crippen LogP) is 7.41. The molecule has 0 saturated heterocycles. The summed E-state index contributed by atoms with van der Waals surface area (Å²) in [7, 11) is 0. The summed E-state index contributed by atoms with van der Waals surface area (Å²) < 4.78 is 9.72. The minimum atomic E-state index is -0.270. The van der Waals surface area contributed by atoms with E-state index in [9.17, 15) is 4.79 Å². The first-order valence-electron chi connectivity index (χ1n) is 13.7. The molecule has 7 nitrogen and oxygen atoms in total. The fourth-order valence-electron chi connectivity index (χ4n) is 4.88. The predicted molar refractivity (Wildman–Crippen MR) is 176 cm³/mol. The zero-order valence-corrected chi connectivity index (χ0v) is 25.6. The molecule has 10 heteroatoms. The van der Waals surface area contributed by atoms with Gasteiger partial charge in [0.1, 0.15) is 18.1 Å². The van der Waals surface area contributed by atoms with Gasteiger partial charge in [0, 0.05) is 27.9 Å². The van der Waals surface area contributed by atoms with Crippen LogP contribution in [0.15, 0.2) is 108 Å². The van der Waals surface area contributed by atoms with Crippen LogP contribution in [0.2, 0.25) is 10.0 Å². The largest absolute Gasteiger partial charge is 0.489 e. The molecule has 0 atom stereocenters. The van der Waals surface area contributed by atoms with Crippen LogP contribution < -0.4 is 14.8 Å². The number of aryl methyl sites for hydroxylation is 1. The third-order valence-electron chi connectivity index (χ3n) is 7.09. The van der Waals surface area contributed by atoms with Crippen molar-refractivity contribution < 1.29 is 4.74 Å². The molecule has 0 N–H and O–H groups in total. The lowest BCUT2D eigenvalue weighted by Gasteiger charge is -2.10. The summed E-state index contributed by atoms with van der Waals surface area (Å²) in [5.74, 6) is 1.17. The monoisotopic (exact) mass is 635 g/mol. The fourth-order valence-corrected chi connectivity index (χ4v) is 6.28. The highest BCUT2D eigenvalue weighted by Crippen LogP contribution is 2.30. The van der Waals surface area contributed by atoms with Crippen molar-refractivity contribution in [3.05, 3.63) is 145 Å². The van der Waals surface area contributed by atoms with Crippen LogP contribution in [0.1, 0.15) is 16.7 Å². The van der Waals surface area contributed by atoms with Crippen molar-refractivity contribution in [1.29, 1.82) is 0 Å². The van der Waals surface area contributed by atoms with E-state index < -0.39 is 0 Å². The molecular weight excluding hydrogens is 613 g/mol. The molecule has 216 valence electrons. The summed E-state index contributed by atoms with van der Waals surface area (Å²) >= 11 is 13.7. The molecule has 7 rings (SSSR count). The van der Waals surface area contributed by atoms with Crippen molar-refractivity contribution in [2.75, 3.05) is 0 Å². The second-order valence-corrected chi connectivity index (χ2v) is 12.0. The molecule has 4 aromatic carbocycles. The third-order valence-corrected chi connectivity index (χ3v) is 8.60. The number of hydrogen-bond donors (Lipinski definition) is 0. The fraction of sp³-hybridized carbons (Fsp3) is 0.0588. The molecule has 0 aliphatic rings. The summed E-state index contributed by atoms with van der Waals surface area (Å²) in [6, 6.07) is 31.0. The van der Waals surface area contributed by atoms with Gasteiger partial charge in [-0.2, -0.15) is 14.6 Å². The van der Waals surface area contributed by atoms with Gasteiger partial charge in [-0.25, -0.2) is 4.68 Å². The molecule has 0 fully saturated rings. The molecule has 44 heavy (non-hydrogen) atoms. The minimum Gasteiger partial charge on any atom is -0.489 e. The number of nitrogens with zero attached hydrogens (tertiary/aromatic N) is 5. The first-order chi connectivity index (χ1) is 21.4. The van der Waals surface area contributed by atoms with Crippen LogP contribution in [0.25, 0.3) is 39.4 Å². The van der Waals surface area contributed by atoms with E-state index in [2.05, 4.69) is 16.1 Å². The average molecular weight is 637 g/mol. The Bertz CT molecular complexity index is 2250. The maximum Gasteiger partial charge on any atom is 0.291 e. The van der Waals surface area contributed by atoms with Crippen LogP contribution in [-0.2, 0) is 6.61 Å². The van der Waals surface area contributed by atoms with E-state index in [0.717, 1.165) is 39.4 Å². The summed E-state index contributed by atoms with van der Waals surface area (Å²) in [4.78, 5) is 18.5. The van der Waals surface area contributed by atoms with Crippen molar-refractivity contribution in [3.63, 3.8) is 0 Å². The summed E-state index contributed by atoms with van der Waals surface area (Å²) in [6.45, 7) is 2.50. The number of ether oxygens (including phenoxy) is 1. The van der Waals surface area contributed by atoms with Crippen LogP contribution in [0.4, 0.5) is 0 Å². The van der Waals surface area contributed by atoms with Gasteiger partial charge in [0.2, 0.25) is 4.96 Å². The Morgan fingerprint density at radius 2 is 1.68 bits per heavy atom. The van der Waals surface area contributed by atoms with Crippen LogP contribution in [0.5, 0.6) is 5.75 Å².